The molecule has 0 nitrogen and oxygen atoms in total. The summed E-state index contributed by atoms with van der Waals surface area (Å²) in [6.45, 7) is 9.63. The van der Waals surface area contributed by atoms with Crippen LogP contribution in [0.3, 0.4) is 0 Å². The average Bonchev–Trinajstić information content (AvgIpc) is 3.43. The summed E-state index contributed by atoms with van der Waals surface area (Å²) in [4.78, 5) is 0. The van der Waals surface area contributed by atoms with E-state index in [1.54, 1.807) is 0 Å². The Bertz CT molecular complexity index is 2260. The molecule has 9 rings (SSSR count). The first kappa shape index (κ1) is 25.5. The predicted molar refractivity (Wildman–Crippen MR) is 187 cm³/mol. The summed E-state index contributed by atoms with van der Waals surface area (Å²) < 4.78 is 0. The van der Waals surface area contributed by atoms with E-state index in [9.17, 15) is 0 Å². The second-order valence-electron chi connectivity index (χ2n) is 13.7. The Kier molecular flexibility index (Phi) is 5.11. The zero-order valence-corrected chi connectivity index (χ0v) is 25.7. The summed E-state index contributed by atoms with van der Waals surface area (Å²) >= 11 is 0. The van der Waals surface area contributed by atoms with E-state index in [1.165, 1.54) is 88.3 Å². The second-order valence-corrected chi connectivity index (χ2v) is 13.7. The number of fused-ring (bicyclic) bond motifs is 9. The van der Waals surface area contributed by atoms with Crippen molar-refractivity contribution in [2.45, 2.75) is 38.5 Å². The fraction of sp³-hybridized carbons (Fsp3) is 0.136. The van der Waals surface area contributed by atoms with E-state index in [-0.39, 0.29) is 10.8 Å². The highest BCUT2D eigenvalue weighted by molar-refractivity contribution is 6.21. The van der Waals surface area contributed by atoms with Gasteiger partial charge in [0.1, 0.15) is 0 Å². The monoisotopic (exact) mass is 562 g/mol. The van der Waals surface area contributed by atoms with Crippen molar-refractivity contribution in [2.75, 3.05) is 0 Å². The van der Waals surface area contributed by atoms with Gasteiger partial charge in [-0.15, -0.1) is 0 Å². The van der Waals surface area contributed by atoms with Crippen molar-refractivity contribution in [3.05, 3.63) is 156 Å². The van der Waals surface area contributed by atoms with Crippen molar-refractivity contribution in [3.8, 4) is 44.5 Å². The van der Waals surface area contributed by atoms with E-state index < -0.39 is 0 Å². The maximum Gasteiger partial charge on any atom is 0.0165 e. The molecule has 0 heterocycles. The Balaban J connectivity index is 1.36. The Morgan fingerprint density at radius 2 is 0.864 bits per heavy atom. The van der Waals surface area contributed by atoms with E-state index in [1.807, 2.05) is 0 Å². The Morgan fingerprint density at radius 3 is 1.52 bits per heavy atom. The van der Waals surface area contributed by atoms with Crippen molar-refractivity contribution < 1.29 is 0 Å². The van der Waals surface area contributed by atoms with Crippen molar-refractivity contribution >= 4 is 21.5 Å². The summed E-state index contributed by atoms with van der Waals surface area (Å²) in [7, 11) is 0. The van der Waals surface area contributed by atoms with Gasteiger partial charge in [-0.1, -0.05) is 155 Å². The van der Waals surface area contributed by atoms with Gasteiger partial charge in [0.2, 0.25) is 0 Å². The van der Waals surface area contributed by atoms with Gasteiger partial charge in [0.15, 0.2) is 0 Å². The van der Waals surface area contributed by atoms with Crippen LogP contribution >= 0.6 is 0 Å². The molecule has 0 bridgehead atoms. The van der Waals surface area contributed by atoms with Gasteiger partial charge < -0.3 is 0 Å². The number of rotatable bonds is 2. The van der Waals surface area contributed by atoms with E-state index in [0.717, 1.165) is 0 Å². The zero-order chi connectivity index (χ0) is 29.8. The second kappa shape index (κ2) is 8.80. The van der Waals surface area contributed by atoms with Gasteiger partial charge in [-0.25, -0.2) is 0 Å². The normalized spacial score (nSPS) is 15.2. The average molecular weight is 563 g/mol. The van der Waals surface area contributed by atoms with E-state index in [4.69, 9.17) is 0 Å². The van der Waals surface area contributed by atoms with Crippen molar-refractivity contribution in [3.63, 3.8) is 0 Å². The highest BCUT2D eigenvalue weighted by Gasteiger charge is 2.44. The fourth-order valence-corrected chi connectivity index (χ4v) is 8.63. The fourth-order valence-electron chi connectivity index (χ4n) is 8.63. The Morgan fingerprint density at radius 1 is 0.341 bits per heavy atom. The summed E-state index contributed by atoms with van der Waals surface area (Å²) in [6, 6.07) is 49.9. The molecule has 2 aliphatic carbocycles. The van der Waals surface area contributed by atoms with Crippen molar-refractivity contribution in [2.24, 2.45) is 0 Å². The predicted octanol–water partition coefficient (Wildman–Crippen LogP) is 11.9. The summed E-state index contributed by atoms with van der Waals surface area (Å²) in [5.41, 5.74) is 16.4. The van der Waals surface area contributed by atoms with Crippen LogP contribution in [0.5, 0.6) is 0 Å². The van der Waals surface area contributed by atoms with E-state index in [0.29, 0.717) is 0 Å². The van der Waals surface area contributed by atoms with Gasteiger partial charge in [0.25, 0.3) is 0 Å². The summed E-state index contributed by atoms with van der Waals surface area (Å²) in [5, 5.41) is 5.19. The van der Waals surface area contributed by atoms with Crippen LogP contribution in [0.15, 0.2) is 133 Å². The van der Waals surface area contributed by atoms with Crippen LogP contribution < -0.4 is 0 Å². The van der Waals surface area contributed by atoms with Gasteiger partial charge >= 0.3 is 0 Å². The minimum absolute atomic E-state index is 0.0651. The van der Waals surface area contributed by atoms with Gasteiger partial charge in [0.05, 0.1) is 0 Å². The number of benzene rings is 7. The first-order chi connectivity index (χ1) is 21.4. The molecule has 44 heavy (non-hydrogen) atoms. The first-order valence-electron chi connectivity index (χ1n) is 15.8. The first-order valence-corrected chi connectivity index (χ1v) is 15.8. The van der Waals surface area contributed by atoms with E-state index in [2.05, 4.69) is 161 Å². The van der Waals surface area contributed by atoms with Gasteiger partial charge in [-0.05, 0) is 94.4 Å². The standard InChI is InChI=1S/C44H34/c1-43(2)37-24-22-28(26-35(37)41-38(43)25-23-34-29-16-12-13-21-36(29)44(3,4)42(34)41)40-32-19-10-8-17-30(32)39(27-14-6-5-7-15-27)31-18-9-11-20-33(31)40/h5-26H,1-4H3. The third-order valence-electron chi connectivity index (χ3n) is 10.6. The summed E-state index contributed by atoms with van der Waals surface area (Å²) in [6.07, 6.45) is 0. The lowest BCUT2D eigenvalue weighted by Gasteiger charge is -2.26. The number of hydrogen-bond acceptors (Lipinski definition) is 0. The molecule has 0 aromatic heterocycles. The van der Waals surface area contributed by atoms with Gasteiger partial charge in [-0.2, -0.15) is 0 Å². The molecule has 0 saturated carbocycles. The molecule has 0 spiro atoms. The third-order valence-corrected chi connectivity index (χ3v) is 10.6. The zero-order valence-electron chi connectivity index (χ0n) is 25.7. The molecule has 210 valence electrons. The molecule has 0 atom stereocenters. The highest BCUT2D eigenvalue weighted by atomic mass is 14.5. The minimum atomic E-state index is -0.0678. The molecule has 0 aliphatic heterocycles. The highest BCUT2D eigenvalue weighted by Crippen LogP contribution is 2.59. The van der Waals surface area contributed by atoms with Crippen LogP contribution in [0, 0.1) is 0 Å². The lowest BCUT2D eigenvalue weighted by atomic mass is 9.77. The lowest BCUT2D eigenvalue weighted by molar-refractivity contribution is 0.647. The topological polar surface area (TPSA) is 0 Å². The smallest absolute Gasteiger partial charge is 0.0165 e. The quantitative estimate of drug-likeness (QED) is 0.184. The lowest BCUT2D eigenvalue weighted by Crippen LogP contribution is -2.18. The molecular weight excluding hydrogens is 528 g/mol. The maximum atomic E-state index is 2.51. The van der Waals surface area contributed by atoms with Crippen LogP contribution in [0.4, 0.5) is 0 Å². The largest absolute Gasteiger partial charge is 0.0622 e. The molecule has 7 aromatic carbocycles. The number of hydrogen-bond donors (Lipinski definition) is 0. The van der Waals surface area contributed by atoms with Crippen LogP contribution in [-0.4, -0.2) is 0 Å². The molecule has 0 saturated heterocycles. The van der Waals surface area contributed by atoms with Gasteiger partial charge in [-0.3, -0.25) is 0 Å². The Labute approximate surface area is 259 Å². The molecule has 2 aliphatic rings. The molecule has 7 aromatic rings. The molecule has 0 unspecified atom stereocenters. The Hall–Kier alpha value is -4.94. The molecule has 0 N–H and O–H groups in total. The molecule has 0 radical (unpaired) electrons. The van der Waals surface area contributed by atoms with Crippen molar-refractivity contribution in [1.82, 2.24) is 0 Å². The minimum Gasteiger partial charge on any atom is -0.0622 e. The molecule has 0 amide bonds. The molecule has 0 fully saturated rings. The van der Waals surface area contributed by atoms with E-state index >= 15 is 0 Å². The summed E-state index contributed by atoms with van der Waals surface area (Å²) in [5.74, 6) is 0. The van der Waals surface area contributed by atoms with Crippen LogP contribution in [0.2, 0.25) is 0 Å². The molecular formula is C44H34. The van der Waals surface area contributed by atoms with Crippen molar-refractivity contribution in [1.29, 1.82) is 0 Å². The SMILES string of the molecule is CC1(C)c2ccc(-c3c4ccccc4c(-c4ccccc4)c4ccccc34)cc2-c2c1ccc1c2C(C)(C)c2ccccc2-1. The van der Waals surface area contributed by atoms with Crippen LogP contribution in [-0.2, 0) is 10.8 Å². The van der Waals surface area contributed by atoms with Crippen LogP contribution in [0.25, 0.3) is 66.1 Å². The third kappa shape index (κ3) is 3.23. The van der Waals surface area contributed by atoms with Gasteiger partial charge in [0, 0.05) is 10.8 Å². The van der Waals surface area contributed by atoms with Crippen LogP contribution in [0.1, 0.15) is 49.9 Å². The molecule has 0 heteroatoms. The maximum absolute atomic E-state index is 2.51.